The number of nitrogens with two attached hydrogens (primary N) is 1. The summed E-state index contributed by atoms with van der Waals surface area (Å²) in [7, 11) is 1.66. The maximum absolute atomic E-state index is 12.6. The van der Waals surface area contributed by atoms with Crippen LogP contribution in [0.25, 0.3) is 0 Å². The molecule has 6 heteroatoms. The number of nitrogens with zero attached hydrogens (tertiary/aromatic N) is 1. The Kier molecular flexibility index (Phi) is 5.46. The first-order valence-corrected chi connectivity index (χ1v) is 8.97. The zero-order chi connectivity index (χ0) is 17.8. The van der Waals surface area contributed by atoms with Gasteiger partial charge in [0.25, 0.3) is 0 Å². The highest BCUT2D eigenvalue weighted by molar-refractivity contribution is 5.99. The van der Waals surface area contributed by atoms with Gasteiger partial charge in [-0.1, -0.05) is 6.42 Å². The Morgan fingerprint density at radius 3 is 2.72 bits per heavy atom. The molecule has 3 aliphatic carbocycles. The van der Waals surface area contributed by atoms with E-state index in [0.29, 0.717) is 12.2 Å². The molecule has 2 unspecified atom stereocenters. The summed E-state index contributed by atoms with van der Waals surface area (Å²) in [5.74, 6) is 1.89. The lowest BCUT2D eigenvalue weighted by Gasteiger charge is -2.26. The Morgan fingerprint density at radius 1 is 1.32 bits per heavy atom. The maximum atomic E-state index is 12.6. The highest BCUT2D eigenvalue weighted by Gasteiger charge is 2.49. The Labute approximate surface area is 148 Å². The third-order valence-electron chi connectivity index (χ3n) is 5.18. The number of ether oxygens (including phenoxy) is 2. The van der Waals surface area contributed by atoms with E-state index in [9.17, 15) is 9.59 Å². The standard InChI is InChI=1S/C19H26N2O4/c1-24-19-16-9-14(16)15(17(23)11-21(12-22)8-7-20)10-18(19)25-13-5-3-2-4-6-13/h7-8,10,12-14,16H,2-6,9,11,20H2,1H3/b8-7-. The third kappa shape index (κ3) is 3.89. The molecule has 0 heterocycles. The van der Waals surface area contributed by atoms with Crippen LogP contribution in [0.5, 0.6) is 0 Å². The molecular weight excluding hydrogens is 320 g/mol. The predicted molar refractivity (Wildman–Crippen MR) is 92.8 cm³/mol. The van der Waals surface area contributed by atoms with E-state index in [-0.39, 0.29) is 30.3 Å². The summed E-state index contributed by atoms with van der Waals surface area (Å²) < 4.78 is 11.8. The van der Waals surface area contributed by atoms with Gasteiger partial charge in [-0.05, 0) is 44.1 Å². The zero-order valence-electron chi connectivity index (χ0n) is 14.6. The van der Waals surface area contributed by atoms with Crippen molar-refractivity contribution in [3.63, 3.8) is 0 Å². The second kappa shape index (κ2) is 7.76. The minimum atomic E-state index is -0.0717. The Balaban J connectivity index is 1.76. The monoisotopic (exact) mass is 346 g/mol. The van der Waals surface area contributed by atoms with E-state index < -0.39 is 0 Å². The second-order valence-corrected chi connectivity index (χ2v) is 6.90. The molecule has 0 aromatic heterocycles. The van der Waals surface area contributed by atoms with Gasteiger partial charge in [-0.3, -0.25) is 9.59 Å². The van der Waals surface area contributed by atoms with Gasteiger partial charge in [0.15, 0.2) is 11.5 Å². The van der Waals surface area contributed by atoms with Crippen molar-refractivity contribution in [3.05, 3.63) is 35.6 Å². The van der Waals surface area contributed by atoms with Gasteiger partial charge in [0.2, 0.25) is 6.41 Å². The Morgan fingerprint density at radius 2 is 2.08 bits per heavy atom. The van der Waals surface area contributed by atoms with Crippen LogP contribution in [0.4, 0.5) is 0 Å². The van der Waals surface area contributed by atoms with E-state index in [4.69, 9.17) is 15.2 Å². The van der Waals surface area contributed by atoms with Crippen molar-refractivity contribution in [1.29, 1.82) is 0 Å². The number of carbonyl (C=O) groups excluding carboxylic acids is 2. The van der Waals surface area contributed by atoms with Crippen LogP contribution in [0.15, 0.2) is 35.6 Å². The van der Waals surface area contributed by atoms with E-state index >= 15 is 0 Å². The van der Waals surface area contributed by atoms with Crippen molar-refractivity contribution in [3.8, 4) is 0 Å². The molecule has 0 radical (unpaired) electrons. The molecule has 0 saturated heterocycles. The first kappa shape index (κ1) is 17.6. The number of methoxy groups -OCH3 is 1. The maximum Gasteiger partial charge on any atom is 0.214 e. The zero-order valence-corrected chi connectivity index (χ0v) is 14.6. The number of allylic oxidation sites excluding steroid dienone is 2. The van der Waals surface area contributed by atoms with Crippen LogP contribution in [0, 0.1) is 11.8 Å². The molecule has 0 aromatic rings. The molecule has 2 atom stereocenters. The summed E-state index contributed by atoms with van der Waals surface area (Å²) >= 11 is 0. The van der Waals surface area contributed by atoms with E-state index in [2.05, 4.69) is 0 Å². The fraction of sp³-hybridized carbons (Fsp3) is 0.579. The van der Waals surface area contributed by atoms with Crippen LogP contribution in [-0.2, 0) is 19.1 Å². The minimum Gasteiger partial charge on any atom is -0.497 e. The normalized spacial score (nSPS) is 26.0. The van der Waals surface area contributed by atoms with Crippen molar-refractivity contribution < 1.29 is 19.1 Å². The molecule has 0 spiro atoms. The summed E-state index contributed by atoms with van der Waals surface area (Å²) in [5, 5.41) is 0. The van der Waals surface area contributed by atoms with Crippen LogP contribution >= 0.6 is 0 Å². The van der Waals surface area contributed by atoms with Gasteiger partial charge in [-0.2, -0.15) is 0 Å². The van der Waals surface area contributed by atoms with Crippen molar-refractivity contribution in [1.82, 2.24) is 4.90 Å². The average molecular weight is 346 g/mol. The molecule has 0 bridgehead atoms. The van der Waals surface area contributed by atoms with Gasteiger partial charge < -0.3 is 20.1 Å². The molecule has 1 amide bonds. The average Bonchev–Trinajstić information content (AvgIpc) is 3.41. The SMILES string of the molecule is COC1=C(OC2CCCCC2)C=C(C(=O)CN(C=O)/C=C\N)C2CC12. The molecule has 136 valence electrons. The molecular formula is C19H26N2O4. The molecule has 3 aliphatic rings. The van der Waals surface area contributed by atoms with E-state index in [1.165, 1.54) is 36.6 Å². The first-order valence-electron chi connectivity index (χ1n) is 8.97. The number of rotatable bonds is 8. The van der Waals surface area contributed by atoms with Gasteiger partial charge >= 0.3 is 0 Å². The number of fused-ring (bicyclic) bond motifs is 1. The second-order valence-electron chi connectivity index (χ2n) is 6.90. The van der Waals surface area contributed by atoms with Crippen molar-refractivity contribution in [2.24, 2.45) is 17.6 Å². The third-order valence-corrected chi connectivity index (χ3v) is 5.18. The summed E-state index contributed by atoms with van der Waals surface area (Å²) in [6.45, 7) is -0.00865. The Bertz CT molecular complexity index is 617. The molecule has 2 saturated carbocycles. The van der Waals surface area contributed by atoms with Crippen molar-refractivity contribution in [2.75, 3.05) is 13.7 Å². The molecule has 0 aromatic carbocycles. The van der Waals surface area contributed by atoms with Crippen LogP contribution < -0.4 is 5.73 Å². The van der Waals surface area contributed by atoms with Gasteiger partial charge in [-0.15, -0.1) is 0 Å². The van der Waals surface area contributed by atoms with E-state index in [1.54, 1.807) is 7.11 Å². The lowest BCUT2D eigenvalue weighted by atomic mass is 9.96. The van der Waals surface area contributed by atoms with Crippen LogP contribution in [0.3, 0.4) is 0 Å². The number of ketones is 1. The lowest BCUT2D eigenvalue weighted by molar-refractivity contribution is -0.123. The number of hydrogen-bond donors (Lipinski definition) is 1. The molecule has 0 aliphatic heterocycles. The summed E-state index contributed by atoms with van der Waals surface area (Å²) in [6, 6.07) is 0. The van der Waals surface area contributed by atoms with Gasteiger partial charge in [0.1, 0.15) is 5.76 Å². The highest BCUT2D eigenvalue weighted by Crippen LogP contribution is 2.53. The van der Waals surface area contributed by atoms with Gasteiger partial charge in [-0.25, -0.2) is 0 Å². The molecule has 25 heavy (non-hydrogen) atoms. The van der Waals surface area contributed by atoms with Crippen LogP contribution in [-0.4, -0.2) is 36.9 Å². The molecule has 6 nitrogen and oxygen atoms in total. The topological polar surface area (TPSA) is 81.9 Å². The largest absolute Gasteiger partial charge is 0.497 e. The minimum absolute atomic E-state index is 0.00865. The first-order chi connectivity index (χ1) is 12.2. The van der Waals surface area contributed by atoms with E-state index in [1.807, 2.05) is 6.08 Å². The quantitative estimate of drug-likeness (QED) is 0.682. The number of hydrogen-bond acceptors (Lipinski definition) is 5. The molecule has 3 rings (SSSR count). The highest BCUT2D eigenvalue weighted by atomic mass is 16.5. The van der Waals surface area contributed by atoms with Crippen molar-refractivity contribution >= 4 is 12.2 Å². The van der Waals surface area contributed by atoms with Crippen molar-refractivity contribution in [2.45, 2.75) is 44.6 Å². The van der Waals surface area contributed by atoms with Crippen LogP contribution in [0.1, 0.15) is 38.5 Å². The number of Topliss-reactive ketones (excluding diaryl/α,β-unsaturated/α-hetero) is 1. The fourth-order valence-corrected chi connectivity index (χ4v) is 3.82. The lowest BCUT2D eigenvalue weighted by Crippen LogP contribution is -2.27. The summed E-state index contributed by atoms with van der Waals surface area (Å²) in [6.07, 6.45) is 11.9. The molecule has 2 N–H and O–H groups in total. The number of carbonyl (C=O) groups is 2. The van der Waals surface area contributed by atoms with E-state index in [0.717, 1.165) is 30.6 Å². The predicted octanol–water partition coefficient (Wildman–Crippen LogP) is 2.23. The summed E-state index contributed by atoms with van der Waals surface area (Å²) in [4.78, 5) is 24.9. The smallest absolute Gasteiger partial charge is 0.214 e. The number of amides is 1. The summed E-state index contributed by atoms with van der Waals surface area (Å²) in [5.41, 5.74) is 6.04. The van der Waals surface area contributed by atoms with Crippen LogP contribution in [0.2, 0.25) is 0 Å². The van der Waals surface area contributed by atoms with Gasteiger partial charge in [0, 0.05) is 23.9 Å². The van der Waals surface area contributed by atoms with Gasteiger partial charge in [0.05, 0.1) is 19.8 Å². The Hall–Kier alpha value is -2.24. The fourth-order valence-electron chi connectivity index (χ4n) is 3.82. The molecule has 2 fully saturated rings.